The predicted octanol–water partition coefficient (Wildman–Crippen LogP) is 2.96. The van der Waals surface area contributed by atoms with E-state index in [0.717, 1.165) is 24.8 Å². The van der Waals surface area contributed by atoms with E-state index in [2.05, 4.69) is 10.3 Å². The molecule has 0 bridgehead atoms. The molecule has 0 saturated heterocycles. The van der Waals surface area contributed by atoms with E-state index in [1.807, 2.05) is 0 Å². The SMILES string of the molecule is COC(=O)[C@H](Cc1cn(-c2ccc([N+](=O)[O-])cc2[N+](=O)[O-])cn1)NC(=O)[C@H](Cc1ccccc1)CS(=O)(=O)C(C)(C)C. The molecule has 15 heteroatoms. The molecule has 42 heavy (non-hydrogen) atoms. The minimum Gasteiger partial charge on any atom is -0.467 e. The number of nitrogens with one attached hydrogen (secondary N) is 1. The zero-order chi connectivity index (χ0) is 31.2. The van der Waals surface area contributed by atoms with Gasteiger partial charge in [0.25, 0.3) is 11.4 Å². The number of aromatic nitrogens is 2. The summed E-state index contributed by atoms with van der Waals surface area (Å²) in [4.78, 5) is 51.4. The lowest BCUT2D eigenvalue weighted by atomic mass is 9.99. The Kier molecular flexibility index (Phi) is 9.78. The van der Waals surface area contributed by atoms with Gasteiger partial charge in [-0.05, 0) is 38.8 Å². The number of carbonyl (C=O) groups is 2. The molecule has 224 valence electrons. The first-order valence-corrected chi connectivity index (χ1v) is 14.4. The van der Waals surface area contributed by atoms with Crippen molar-refractivity contribution in [2.75, 3.05) is 12.9 Å². The van der Waals surface area contributed by atoms with Gasteiger partial charge in [0.2, 0.25) is 5.91 Å². The fraction of sp³-hybridized carbons (Fsp3) is 0.370. The van der Waals surface area contributed by atoms with Crippen LogP contribution in [-0.4, -0.2) is 63.3 Å². The summed E-state index contributed by atoms with van der Waals surface area (Å²) in [6.45, 7) is 4.63. The van der Waals surface area contributed by atoms with Gasteiger partial charge in [0, 0.05) is 18.7 Å². The summed E-state index contributed by atoms with van der Waals surface area (Å²) >= 11 is 0. The van der Waals surface area contributed by atoms with Crippen LogP contribution < -0.4 is 5.32 Å². The molecule has 2 aromatic carbocycles. The van der Waals surface area contributed by atoms with Crippen LogP contribution >= 0.6 is 0 Å². The number of nitro benzene ring substituents is 2. The van der Waals surface area contributed by atoms with Gasteiger partial charge in [0.1, 0.15) is 11.7 Å². The molecule has 0 aliphatic carbocycles. The van der Waals surface area contributed by atoms with Crippen LogP contribution in [0.3, 0.4) is 0 Å². The molecule has 1 amide bonds. The topological polar surface area (TPSA) is 194 Å². The zero-order valence-corrected chi connectivity index (χ0v) is 24.2. The van der Waals surface area contributed by atoms with Crippen molar-refractivity contribution in [2.45, 2.75) is 44.4 Å². The standard InChI is InChI=1S/C27H31N5O9S/c1-27(2,3)42(39,40)16-19(12-18-8-6-5-7-9-18)25(33)29-22(26(34)41-4)13-20-15-30(17-28-20)23-11-10-21(31(35)36)14-24(23)32(37)38/h5-11,14-15,17,19,22H,12-13,16H2,1-4H3,(H,29,33)/t19-,22+/m1/s1. The number of imidazole rings is 1. The van der Waals surface area contributed by atoms with Crippen LogP contribution in [0.4, 0.5) is 11.4 Å². The summed E-state index contributed by atoms with van der Waals surface area (Å²) in [7, 11) is -2.59. The molecule has 0 radical (unpaired) electrons. The van der Waals surface area contributed by atoms with Crippen LogP contribution in [0.2, 0.25) is 0 Å². The average molecular weight is 602 g/mol. The van der Waals surface area contributed by atoms with Crippen LogP contribution in [0.1, 0.15) is 32.0 Å². The third kappa shape index (κ3) is 7.75. The van der Waals surface area contributed by atoms with Crippen molar-refractivity contribution in [3.05, 3.63) is 92.5 Å². The first kappa shape index (κ1) is 31.9. The zero-order valence-electron chi connectivity index (χ0n) is 23.4. The van der Waals surface area contributed by atoms with E-state index in [-0.39, 0.29) is 24.2 Å². The molecule has 14 nitrogen and oxygen atoms in total. The second kappa shape index (κ2) is 12.9. The highest BCUT2D eigenvalue weighted by molar-refractivity contribution is 7.92. The molecule has 0 saturated carbocycles. The molecule has 1 N–H and O–H groups in total. The lowest BCUT2D eigenvalue weighted by Gasteiger charge is -2.25. The summed E-state index contributed by atoms with van der Waals surface area (Å²) in [5, 5.41) is 25.2. The number of carbonyl (C=O) groups excluding carboxylic acids is 2. The summed E-state index contributed by atoms with van der Waals surface area (Å²) in [5.41, 5.74) is -0.0222. The van der Waals surface area contributed by atoms with Gasteiger partial charge in [0.15, 0.2) is 9.84 Å². The number of ether oxygens (including phenoxy) is 1. The number of nitro groups is 2. The van der Waals surface area contributed by atoms with E-state index >= 15 is 0 Å². The Morgan fingerprint density at radius 2 is 1.71 bits per heavy atom. The summed E-state index contributed by atoms with van der Waals surface area (Å²) in [5.74, 6) is -2.96. The Bertz CT molecular complexity index is 1580. The third-order valence-electron chi connectivity index (χ3n) is 6.55. The fourth-order valence-corrected chi connectivity index (χ4v) is 5.36. The Hall–Kier alpha value is -4.66. The molecule has 0 unspecified atom stereocenters. The smallest absolute Gasteiger partial charge is 0.328 e. The minimum atomic E-state index is -3.72. The number of esters is 1. The van der Waals surface area contributed by atoms with E-state index in [1.54, 1.807) is 51.1 Å². The van der Waals surface area contributed by atoms with Gasteiger partial charge < -0.3 is 10.1 Å². The molecular formula is C27H31N5O9S. The van der Waals surface area contributed by atoms with E-state index in [1.165, 1.54) is 23.2 Å². The molecular weight excluding hydrogens is 570 g/mol. The van der Waals surface area contributed by atoms with Gasteiger partial charge in [-0.15, -0.1) is 0 Å². The Morgan fingerprint density at radius 3 is 2.29 bits per heavy atom. The number of sulfone groups is 1. The number of rotatable bonds is 12. The maximum atomic E-state index is 13.5. The minimum absolute atomic E-state index is 0.00156. The van der Waals surface area contributed by atoms with Crippen LogP contribution in [0.5, 0.6) is 0 Å². The number of benzene rings is 2. The van der Waals surface area contributed by atoms with Crippen LogP contribution in [-0.2, 0) is 37.0 Å². The molecule has 2 atom stereocenters. The highest BCUT2D eigenvalue weighted by atomic mass is 32.2. The summed E-state index contributed by atoms with van der Waals surface area (Å²) in [6, 6.07) is 10.7. The maximum Gasteiger partial charge on any atom is 0.328 e. The lowest BCUT2D eigenvalue weighted by Crippen LogP contribution is -2.48. The molecule has 0 fully saturated rings. The van der Waals surface area contributed by atoms with Crippen LogP contribution in [0.15, 0.2) is 61.1 Å². The normalized spacial score (nSPS) is 13.1. The first-order valence-electron chi connectivity index (χ1n) is 12.7. The van der Waals surface area contributed by atoms with Crippen molar-refractivity contribution in [2.24, 2.45) is 5.92 Å². The fourth-order valence-electron chi connectivity index (χ4n) is 4.07. The van der Waals surface area contributed by atoms with E-state index in [9.17, 15) is 38.2 Å². The van der Waals surface area contributed by atoms with Crippen molar-refractivity contribution in [1.82, 2.24) is 14.9 Å². The first-order chi connectivity index (χ1) is 19.6. The van der Waals surface area contributed by atoms with Gasteiger partial charge in [-0.2, -0.15) is 0 Å². The van der Waals surface area contributed by atoms with Crippen molar-refractivity contribution in [1.29, 1.82) is 0 Å². The number of nitrogens with zero attached hydrogens (tertiary/aromatic N) is 4. The van der Waals surface area contributed by atoms with Crippen LogP contribution in [0, 0.1) is 26.1 Å². The molecule has 0 aliphatic rings. The number of non-ortho nitro benzene ring substituents is 1. The summed E-state index contributed by atoms with van der Waals surface area (Å²) in [6.07, 6.45) is 2.53. The maximum absolute atomic E-state index is 13.5. The van der Waals surface area contributed by atoms with Crippen LogP contribution in [0.25, 0.3) is 5.69 Å². The van der Waals surface area contributed by atoms with E-state index in [4.69, 9.17) is 4.74 Å². The molecule has 3 rings (SSSR count). The molecule has 0 aliphatic heterocycles. The van der Waals surface area contributed by atoms with Gasteiger partial charge in [-0.3, -0.25) is 29.6 Å². The predicted molar refractivity (Wildman–Crippen MR) is 152 cm³/mol. The summed E-state index contributed by atoms with van der Waals surface area (Å²) < 4.78 is 31.1. The van der Waals surface area contributed by atoms with Crippen molar-refractivity contribution in [3.63, 3.8) is 0 Å². The Balaban J connectivity index is 1.88. The number of amides is 1. The van der Waals surface area contributed by atoms with Gasteiger partial charge >= 0.3 is 5.97 Å². The quantitative estimate of drug-likeness (QED) is 0.183. The lowest BCUT2D eigenvalue weighted by molar-refractivity contribution is -0.394. The highest BCUT2D eigenvalue weighted by Crippen LogP contribution is 2.28. The molecule has 0 spiro atoms. The average Bonchev–Trinajstić information content (AvgIpc) is 3.39. The van der Waals surface area contributed by atoms with E-state index < -0.39 is 65.4 Å². The second-order valence-electron chi connectivity index (χ2n) is 10.5. The van der Waals surface area contributed by atoms with E-state index in [0.29, 0.717) is 0 Å². The van der Waals surface area contributed by atoms with Gasteiger partial charge in [-0.1, -0.05) is 30.3 Å². The number of methoxy groups -OCH3 is 1. The van der Waals surface area contributed by atoms with Crippen molar-refractivity contribution >= 4 is 33.1 Å². The van der Waals surface area contributed by atoms with Gasteiger partial charge in [-0.25, -0.2) is 18.2 Å². The van der Waals surface area contributed by atoms with Crippen molar-refractivity contribution < 1.29 is 32.6 Å². The third-order valence-corrected chi connectivity index (χ3v) is 9.25. The monoisotopic (exact) mass is 601 g/mol. The molecule has 3 aromatic rings. The second-order valence-corrected chi connectivity index (χ2v) is 13.3. The number of hydrogen-bond donors (Lipinski definition) is 1. The molecule has 1 aromatic heterocycles. The molecule has 1 heterocycles. The Morgan fingerprint density at radius 1 is 1.05 bits per heavy atom. The Labute approximate surface area is 241 Å². The highest BCUT2D eigenvalue weighted by Gasteiger charge is 2.36. The van der Waals surface area contributed by atoms with Crippen molar-refractivity contribution in [3.8, 4) is 5.69 Å². The largest absolute Gasteiger partial charge is 0.467 e. The number of hydrogen-bond acceptors (Lipinski definition) is 10. The van der Waals surface area contributed by atoms with Gasteiger partial charge in [0.05, 0.1) is 51.5 Å².